The molecular weight excluding hydrogens is 408 g/mol. The zero-order valence-corrected chi connectivity index (χ0v) is 17.8. The summed E-state index contributed by atoms with van der Waals surface area (Å²) in [6.07, 6.45) is 0. The lowest BCUT2D eigenvalue weighted by Crippen LogP contribution is -2.50. The van der Waals surface area contributed by atoms with E-state index in [1.807, 2.05) is 48.2 Å². The van der Waals surface area contributed by atoms with Crippen molar-refractivity contribution in [2.24, 2.45) is 4.99 Å². The number of nitrogens with zero attached hydrogens (tertiary/aromatic N) is 5. The lowest BCUT2D eigenvalue weighted by atomic mass is 10.2. The number of fused-ring (bicyclic) bond motifs is 1. The highest BCUT2D eigenvalue weighted by Crippen LogP contribution is 2.19. The fourth-order valence-electron chi connectivity index (χ4n) is 3.93. The van der Waals surface area contributed by atoms with Gasteiger partial charge in [-0.15, -0.1) is 0 Å². The first-order valence-electron chi connectivity index (χ1n) is 10.7. The zero-order chi connectivity index (χ0) is 22.1. The van der Waals surface area contributed by atoms with Gasteiger partial charge in [-0.2, -0.15) is 0 Å². The molecule has 0 spiro atoms. The number of H-pyrrole nitrogens is 1. The first-order chi connectivity index (χ1) is 15.6. The van der Waals surface area contributed by atoms with Crippen LogP contribution in [-0.2, 0) is 9.53 Å². The van der Waals surface area contributed by atoms with Gasteiger partial charge in [0.05, 0.1) is 23.6 Å². The van der Waals surface area contributed by atoms with Gasteiger partial charge in [-0.1, -0.05) is 18.2 Å². The lowest BCUT2D eigenvalue weighted by molar-refractivity contribution is -0.115. The predicted octanol–water partition coefficient (Wildman–Crippen LogP) is 1.77. The van der Waals surface area contributed by atoms with E-state index in [2.05, 4.69) is 19.9 Å². The number of para-hydroxylation sites is 2. The highest BCUT2D eigenvalue weighted by Gasteiger charge is 2.27. The molecule has 164 valence electrons. The van der Waals surface area contributed by atoms with E-state index in [-0.39, 0.29) is 30.2 Å². The van der Waals surface area contributed by atoms with Gasteiger partial charge in [0.15, 0.2) is 5.82 Å². The number of imidazole rings is 1. The number of aliphatic imine (C=N–C) groups is 1. The molecule has 0 radical (unpaired) electrons. The van der Waals surface area contributed by atoms with Crippen molar-refractivity contribution < 1.29 is 14.3 Å². The maximum absolute atomic E-state index is 13.0. The third-order valence-corrected chi connectivity index (χ3v) is 5.66. The molecule has 4 heterocycles. The number of piperazine rings is 1. The highest BCUT2D eigenvalue weighted by molar-refractivity contribution is 6.37. The van der Waals surface area contributed by atoms with E-state index in [1.165, 1.54) is 0 Å². The number of ether oxygens (including phenoxy) is 1. The third-order valence-electron chi connectivity index (χ3n) is 5.66. The summed E-state index contributed by atoms with van der Waals surface area (Å²) in [6, 6.07) is 13.2. The van der Waals surface area contributed by atoms with Crippen molar-refractivity contribution in [1.29, 1.82) is 0 Å². The summed E-state index contributed by atoms with van der Waals surface area (Å²) < 4.78 is 5.35. The Labute approximate surface area is 185 Å². The molecule has 0 bridgehead atoms. The van der Waals surface area contributed by atoms with Crippen LogP contribution in [0.1, 0.15) is 17.4 Å². The molecular formula is C23H24N6O3. The smallest absolute Gasteiger partial charge is 0.272 e. The Kier molecular flexibility index (Phi) is 5.40. The van der Waals surface area contributed by atoms with Crippen molar-refractivity contribution in [2.75, 3.05) is 39.3 Å². The Morgan fingerprint density at radius 2 is 1.88 bits per heavy atom. The summed E-state index contributed by atoms with van der Waals surface area (Å²) in [6.45, 7) is 4.94. The Bertz CT molecular complexity index is 1160. The van der Waals surface area contributed by atoms with Crippen molar-refractivity contribution in [3.8, 4) is 11.5 Å². The van der Waals surface area contributed by atoms with E-state index in [4.69, 9.17) is 4.74 Å². The van der Waals surface area contributed by atoms with Crippen molar-refractivity contribution in [1.82, 2.24) is 24.8 Å². The van der Waals surface area contributed by atoms with Crippen molar-refractivity contribution >= 4 is 28.6 Å². The van der Waals surface area contributed by atoms with E-state index in [0.29, 0.717) is 50.0 Å². The number of aromatic amines is 1. The SMILES string of the molecule is CC1COC(C(=O)CN2CCN(C(=O)c3cccc(-c4nc5ccccc5[nH]4)n3)CC2)=N1. The summed E-state index contributed by atoms with van der Waals surface area (Å²) in [5.41, 5.74) is 2.79. The molecule has 9 nitrogen and oxygen atoms in total. The molecule has 0 aliphatic carbocycles. The van der Waals surface area contributed by atoms with Gasteiger partial charge in [0.25, 0.3) is 11.8 Å². The first-order valence-corrected chi connectivity index (χ1v) is 10.7. The van der Waals surface area contributed by atoms with E-state index >= 15 is 0 Å². The van der Waals surface area contributed by atoms with E-state index in [9.17, 15) is 9.59 Å². The largest absolute Gasteiger partial charge is 0.473 e. The standard InChI is InChI=1S/C23H24N6O3/c1-15-14-32-22(24-15)20(30)13-28-9-11-29(12-10-28)23(31)19-8-4-7-18(25-19)21-26-16-5-2-3-6-17(16)27-21/h2-8,15H,9-14H2,1H3,(H,26,27). The van der Waals surface area contributed by atoms with E-state index in [1.54, 1.807) is 11.0 Å². The van der Waals surface area contributed by atoms with Crippen LogP contribution in [0, 0.1) is 0 Å². The van der Waals surface area contributed by atoms with Gasteiger partial charge < -0.3 is 14.6 Å². The molecule has 0 saturated carbocycles. The Balaban J connectivity index is 1.22. The van der Waals surface area contributed by atoms with Crippen LogP contribution in [0.5, 0.6) is 0 Å². The summed E-state index contributed by atoms with van der Waals surface area (Å²) in [7, 11) is 0. The van der Waals surface area contributed by atoms with E-state index < -0.39 is 0 Å². The molecule has 3 aromatic rings. The minimum Gasteiger partial charge on any atom is -0.473 e. The van der Waals surface area contributed by atoms with Crippen LogP contribution >= 0.6 is 0 Å². The predicted molar refractivity (Wildman–Crippen MR) is 120 cm³/mol. The minimum absolute atomic E-state index is 0.0336. The molecule has 1 aromatic carbocycles. The molecule has 5 rings (SSSR count). The molecule has 2 aliphatic rings. The van der Waals surface area contributed by atoms with Crippen molar-refractivity contribution in [3.05, 3.63) is 48.2 Å². The number of ketones is 1. The average Bonchev–Trinajstić information content (AvgIpc) is 3.45. The van der Waals surface area contributed by atoms with Gasteiger partial charge in [0.1, 0.15) is 18.0 Å². The number of rotatable bonds is 5. The molecule has 9 heteroatoms. The number of hydrogen-bond donors (Lipinski definition) is 1. The number of aromatic nitrogens is 3. The molecule has 1 atom stereocenters. The number of Topliss-reactive ketones (excluding diaryl/α,β-unsaturated/α-hetero) is 1. The lowest BCUT2D eigenvalue weighted by Gasteiger charge is -2.34. The number of benzene rings is 1. The summed E-state index contributed by atoms with van der Waals surface area (Å²) in [5, 5.41) is 0. The second-order valence-electron chi connectivity index (χ2n) is 8.10. The van der Waals surface area contributed by atoms with Gasteiger partial charge in [-0.05, 0) is 31.2 Å². The number of carbonyl (C=O) groups is 2. The van der Waals surface area contributed by atoms with Crippen LogP contribution in [0.3, 0.4) is 0 Å². The second-order valence-corrected chi connectivity index (χ2v) is 8.10. The maximum atomic E-state index is 13.0. The number of carbonyl (C=O) groups excluding carboxylic acids is 2. The Morgan fingerprint density at radius 1 is 1.06 bits per heavy atom. The Morgan fingerprint density at radius 3 is 2.62 bits per heavy atom. The van der Waals surface area contributed by atoms with Gasteiger partial charge in [0.2, 0.25) is 5.78 Å². The number of hydrogen-bond acceptors (Lipinski definition) is 7. The normalized spacial score (nSPS) is 19.1. The van der Waals surface area contributed by atoms with Crippen molar-refractivity contribution in [3.63, 3.8) is 0 Å². The molecule has 1 unspecified atom stereocenters. The van der Waals surface area contributed by atoms with E-state index in [0.717, 1.165) is 11.0 Å². The van der Waals surface area contributed by atoms with Crippen LogP contribution in [0.2, 0.25) is 0 Å². The van der Waals surface area contributed by atoms with Gasteiger partial charge in [0, 0.05) is 26.2 Å². The number of nitrogens with one attached hydrogen (secondary N) is 1. The number of amides is 1. The van der Waals surface area contributed by atoms with Gasteiger partial charge >= 0.3 is 0 Å². The van der Waals surface area contributed by atoms with Crippen molar-refractivity contribution in [2.45, 2.75) is 13.0 Å². The fraction of sp³-hybridized carbons (Fsp3) is 0.348. The molecule has 1 saturated heterocycles. The fourth-order valence-corrected chi connectivity index (χ4v) is 3.93. The summed E-state index contributed by atoms with van der Waals surface area (Å²) in [5.74, 6) is 0.638. The summed E-state index contributed by atoms with van der Waals surface area (Å²) >= 11 is 0. The zero-order valence-electron chi connectivity index (χ0n) is 17.8. The van der Waals surface area contributed by atoms with Crippen LogP contribution < -0.4 is 0 Å². The monoisotopic (exact) mass is 432 g/mol. The van der Waals surface area contributed by atoms with Crippen LogP contribution in [0.4, 0.5) is 0 Å². The first kappa shape index (κ1) is 20.3. The Hall–Kier alpha value is -3.59. The molecule has 1 fully saturated rings. The maximum Gasteiger partial charge on any atom is 0.272 e. The molecule has 1 amide bonds. The van der Waals surface area contributed by atoms with Crippen LogP contribution in [0.15, 0.2) is 47.5 Å². The average molecular weight is 432 g/mol. The summed E-state index contributed by atoms with van der Waals surface area (Å²) in [4.78, 5) is 45.8. The molecule has 32 heavy (non-hydrogen) atoms. The molecule has 2 aliphatic heterocycles. The quantitative estimate of drug-likeness (QED) is 0.659. The third kappa shape index (κ3) is 4.11. The molecule has 1 N–H and O–H groups in total. The topological polar surface area (TPSA) is 104 Å². The van der Waals surface area contributed by atoms with Gasteiger partial charge in [-0.3, -0.25) is 14.5 Å². The second kappa shape index (κ2) is 8.51. The van der Waals surface area contributed by atoms with Crippen LogP contribution in [-0.4, -0.2) is 87.7 Å². The van der Waals surface area contributed by atoms with Crippen LogP contribution in [0.25, 0.3) is 22.6 Å². The highest BCUT2D eigenvalue weighted by atomic mass is 16.5. The molecule has 2 aromatic heterocycles. The minimum atomic E-state index is -0.119. The van der Waals surface area contributed by atoms with Gasteiger partial charge in [-0.25, -0.2) is 15.0 Å². The number of pyridine rings is 1.